The van der Waals surface area contributed by atoms with Gasteiger partial charge in [0.15, 0.2) is 0 Å². The second kappa shape index (κ2) is 21.9. The molecule has 20 aromatic rings. The standard InChI is InChI=1S/C45H26N2O.C45H26N2S/c2*46-27-28-18-21-32-33-22-19-30(26-41(33)47(40(32)24-28)31-10-2-1-3-11-31)45-37-15-6-4-13-35(37)44(36-14-5-7-16-38(36)45)29-20-23-43-39(25-29)34-12-8-9-17-42(34)48-43/h2*1-26H. The molecule has 0 saturated carbocycles. The number of hydrogen-bond acceptors (Lipinski definition) is 4. The topological polar surface area (TPSA) is 70.6 Å². The van der Waals surface area contributed by atoms with Gasteiger partial charge in [0.05, 0.1) is 45.3 Å². The number of para-hydroxylation sites is 3. The van der Waals surface area contributed by atoms with E-state index in [-0.39, 0.29) is 0 Å². The molecule has 6 heteroatoms. The number of thiophene rings is 1. The Balaban J connectivity index is 0.000000135. The largest absolute Gasteiger partial charge is 0.456 e. The molecule has 5 nitrogen and oxygen atoms in total. The minimum atomic E-state index is 0.650. The fourth-order valence-corrected chi connectivity index (χ4v) is 16.5. The van der Waals surface area contributed by atoms with Crippen molar-refractivity contribution >= 4 is 140 Å². The van der Waals surface area contributed by atoms with Crippen LogP contribution in [0.15, 0.2) is 320 Å². The summed E-state index contributed by atoms with van der Waals surface area (Å²) < 4.78 is 13.4. The third-order valence-electron chi connectivity index (χ3n) is 19.6. The second-order valence-corrected chi connectivity index (χ2v) is 25.9. The van der Waals surface area contributed by atoms with Crippen LogP contribution in [0.2, 0.25) is 0 Å². The lowest BCUT2D eigenvalue weighted by Crippen LogP contribution is -1.94. The van der Waals surface area contributed by atoms with Gasteiger partial charge in [-0.25, -0.2) is 0 Å². The summed E-state index contributed by atoms with van der Waals surface area (Å²) in [6.07, 6.45) is 0. The normalized spacial score (nSPS) is 11.7. The van der Waals surface area contributed by atoms with E-state index < -0.39 is 0 Å². The molecule has 20 rings (SSSR count). The first-order valence-corrected chi connectivity index (χ1v) is 33.1. The number of nitrogens with zero attached hydrogens (tertiary/aromatic N) is 4. The summed E-state index contributed by atoms with van der Waals surface area (Å²) in [4.78, 5) is 0. The van der Waals surface area contributed by atoms with Crippen molar-refractivity contribution < 1.29 is 4.42 Å². The Kier molecular flexibility index (Phi) is 12.5. The molecule has 4 aromatic heterocycles. The molecule has 0 bridgehead atoms. The van der Waals surface area contributed by atoms with Crippen molar-refractivity contribution in [2.75, 3.05) is 0 Å². The van der Waals surface area contributed by atoms with Crippen molar-refractivity contribution in [3.05, 3.63) is 327 Å². The van der Waals surface area contributed by atoms with Gasteiger partial charge >= 0.3 is 0 Å². The van der Waals surface area contributed by atoms with Crippen LogP contribution in [0.25, 0.3) is 185 Å². The van der Waals surface area contributed by atoms with Gasteiger partial charge in [-0.05, 0) is 185 Å². The van der Waals surface area contributed by atoms with Gasteiger partial charge in [-0.2, -0.15) is 10.5 Å². The average molecular weight is 1240 g/mol. The van der Waals surface area contributed by atoms with E-state index in [0.29, 0.717) is 11.1 Å². The predicted octanol–water partition coefficient (Wildman–Crippen LogP) is 24.9. The molecule has 0 amide bonds. The molecule has 16 aromatic carbocycles. The van der Waals surface area contributed by atoms with E-state index in [1.165, 1.54) is 108 Å². The zero-order chi connectivity index (χ0) is 63.5. The minimum Gasteiger partial charge on any atom is -0.456 e. The summed E-state index contributed by atoms with van der Waals surface area (Å²) in [6, 6.07) is 117. The van der Waals surface area contributed by atoms with Crippen LogP contribution in [-0.4, -0.2) is 9.13 Å². The SMILES string of the molecule is N#Cc1ccc2c3ccc(-c4c5ccccc5c(-c5ccc6oc7ccccc7c6c5)c5ccccc45)cc3n(-c3ccccc3)c2c1.N#Cc1ccc2c3ccc(-c4c5ccccc5c(-c5ccc6sc7ccccc7c6c5)c5ccccc45)cc3n(-c3ccccc3)c2c1. The lowest BCUT2D eigenvalue weighted by atomic mass is 9.85. The van der Waals surface area contributed by atoms with Crippen molar-refractivity contribution in [3.63, 3.8) is 0 Å². The van der Waals surface area contributed by atoms with Gasteiger partial charge < -0.3 is 13.6 Å². The summed E-state index contributed by atoms with van der Waals surface area (Å²) >= 11 is 1.86. The summed E-state index contributed by atoms with van der Waals surface area (Å²) in [7, 11) is 0. The fourth-order valence-electron chi connectivity index (χ4n) is 15.5. The highest BCUT2D eigenvalue weighted by Crippen LogP contribution is 2.49. The zero-order valence-corrected chi connectivity index (χ0v) is 52.4. The molecular formula is C90H52N4OS. The number of benzene rings is 16. The molecule has 0 N–H and O–H groups in total. The highest BCUT2D eigenvalue weighted by Gasteiger charge is 2.23. The van der Waals surface area contributed by atoms with E-state index in [1.807, 2.05) is 59.9 Å². The molecule has 0 radical (unpaired) electrons. The van der Waals surface area contributed by atoms with Crippen molar-refractivity contribution in [1.29, 1.82) is 10.5 Å². The Labute approximate surface area is 555 Å². The van der Waals surface area contributed by atoms with Crippen LogP contribution in [0.1, 0.15) is 11.1 Å². The molecule has 0 aliphatic rings. The van der Waals surface area contributed by atoms with E-state index in [1.54, 1.807) is 0 Å². The first-order valence-electron chi connectivity index (χ1n) is 32.3. The van der Waals surface area contributed by atoms with E-state index >= 15 is 0 Å². The van der Waals surface area contributed by atoms with E-state index in [0.717, 1.165) is 77.1 Å². The molecule has 4 heterocycles. The number of rotatable bonds is 6. The van der Waals surface area contributed by atoms with Gasteiger partial charge in [0.1, 0.15) is 11.2 Å². The van der Waals surface area contributed by atoms with Gasteiger partial charge in [-0.15, -0.1) is 11.3 Å². The van der Waals surface area contributed by atoms with Crippen LogP contribution in [-0.2, 0) is 0 Å². The van der Waals surface area contributed by atoms with Crippen molar-refractivity contribution in [1.82, 2.24) is 9.13 Å². The smallest absolute Gasteiger partial charge is 0.135 e. The van der Waals surface area contributed by atoms with Gasteiger partial charge in [0.25, 0.3) is 0 Å². The summed E-state index contributed by atoms with van der Waals surface area (Å²) in [5.41, 5.74) is 19.2. The highest BCUT2D eigenvalue weighted by atomic mass is 32.1. The maximum absolute atomic E-state index is 9.76. The number of aromatic nitrogens is 2. The molecule has 0 aliphatic carbocycles. The van der Waals surface area contributed by atoms with Gasteiger partial charge in [-0.1, -0.05) is 218 Å². The molecule has 0 unspecified atom stereocenters. The molecule has 444 valence electrons. The maximum Gasteiger partial charge on any atom is 0.135 e. The first-order chi connectivity index (χ1) is 47.5. The van der Waals surface area contributed by atoms with Crippen molar-refractivity contribution in [2.24, 2.45) is 0 Å². The predicted molar refractivity (Wildman–Crippen MR) is 403 cm³/mol. The van der Waals surface area contributed by atoms with E-state index in [4.69, 9.17) is 4.42 Å². The Morgan fingerprint density at radius 2 is 0.562 bits per heavy atom. The third-order valence-corrected chi connectivity index (χ3v) is 20.7. The van der Waals surface area contributed by atoms with Crippen LogP contribution in [0, 0.1) is 22.7 Å². The lowest BCUT2D eigenvalue weighted by Gasteiger charge is -2.18. The molecular weight excluding hydrogens is 1190 g/mol. The molecule has 0 saturated heterocycles. The second-order valence-electron chi connectivity index (χ2n) is 24.8. The molecule has 96 heavy (non-hydrogen) atoms. The van der Waals surface area contributed by atoms with Crippen LogP contribution in [0.5, 0.6) is 0 Å². The minimum absolute atomic E-state index is 0.650. The van der Waals surface area contributed by atoms with Crippen LogP contribution in [0.3, 0.4) is 0 Å². The number of hydrogen-bond donors (Lipinski definition) is 0. The Hall–Kier alpha value is -12.8. The molecule has 0 spiro atoms. The van der Waals surface area contributed by atoms with Gasteiger partial charge in [0, 0.05) is 63.9 Å². The van der Waals surface area contributed by atoms with E-state index in [2.05, 4.69) is 288 Å². The maximum atomic E-state index is 9.76. The third kappa shape index (κ3) is 8.54. The number of fused-ring (bicyclic) bond motifs is 16. The average Bonchev–Trinajstić information content (AvgIpc) is 1.18. The van der Waals surface area contributed by atoms with Crippen LogP contribution in [0.4, 0.5) is 0 Å². The molecule has 0 fully saturated rings. The van der Waals surface area contributed by atoms with Gasteiger partial charge in [-0.3, -0.25) is 0 Å². The zero-order valence-electron chi connectivity index (χ0n) is 51.6. The fraction of sp³-hybridized carbons (Fsp3) is 0. The molecule has 0 aliphatic heterocycles. The Morgan fingerprint density at radius 1 is 0.240 bits per heavy atom. The summed E-state index contributed by atoms with van der Waals surface area (Å²) in [5.74, 6) is 0. The first kappa shape index (κ1) is 54.9. The number of nitriles is 2. The van der Waals surface area contributed by atoms with Crippen LogP contribution < -0.4 is 0 Å². The van der Waals surface area contributed by atoms with E-state index in [9.17, 15) is 10.5 Å². The lowest BCUT2D eigenvalue weighted by molar-refractivity contribution is 0.669. The Bertz CT molecular complexity index is 6210. The quantitative estimate of drug-likeness (QED) is 0.156. The monoisotopic (exact) mass is 1240 g/mol. The summed E-state index contributed by atoms with van der Waals surface area (Å²) in [5, 5.41) is 38.8. The molecule has 0 atom stereocenters. The number of furan rings is 1. The van der Waals surface area contributed by atoms with Crippen molar-refractivity contribution in [2.45, 2.75) is 0 Å². The summed E-state index contributed by atoms with van der Waals surface area (Å²) in [6.45, 7) is 0. The van der Waals surface area contributed by atoms with Gasteiger partial charge in [0.2, 0.25) is 0 Å². The van der Waals surface area contributed by atoms with Crippen LogP contribution >= 0.6 is 11.3 Å². The highest BCUT2D eigenvalue weighted by molar-refractivity contribution is 7.25. The van der Waals surface area contributed by atoms with Crippen molar-refractivity contribution in [3.8, 4) is 68.0 Å². The Morgan fingerprint density at radius 3 is 1.01 bits per heavy atom.